The molecule has 0 saturated carbocycles. The summed E-state index contributed by atoms with van der Waals surface area (Å²) in [5, 5.41) is 0. The van der Waals surface area contributed by atoms with E-state index in [1.807, 2.05) is 12.2 Å². The Morgan fingerprint density at radius 2 is 2.56 bits per heavy atom. The van der Waals surface area contributed by atoms with Crippen molar-refractivity contribution in [3.8, 4) is 0 Å². The van der Waals surface area contributed by atoms with E-state index in [-0.39, 0.29) is 0 Å². The first-order valence-corrected chi connectivity index (χ1v) is 2.78. The maximum absolute atomic E-state index is 5.15. The first-order chi connectivity index (χ1) is 4.34. The van der Waals surface area contributed by atoms with Crippen LogP contribution in [0.2, 0.25) is 0 Å². The Morgan fingerprint density at radius 1 is 1.78 bits per heavy atom. The smallest absolute Gasteiger partial charge is 0.0593 e. The van der Waals surface area contributed by atoms with Crippen molar-refractivity contribution >= 4 is 0 Å². The molecule has 0 unspecified atom stereocenters. The van der Waals surface area contributed by atoms with E-state index in [2.05, 4.69) is 18.1 Å². The number of nitrogens with two attached hydrogens (primary N) is 1. The normalized spacial score (nSPS) is 17.4. The molecule has 1 rings (SSSR count). The molecule has 0 aromatic heterocycles. The summed E-state index contributed by atoms with van der Waals surface area (Å²) in [4.78, 5) is 0. The van der Waals surface area contributed by atoms with Gasteiger partial charge in [0, 0.05) is 6.08 Å². The zero-order valence-corrected chi connectivity index (χ0v) is 5.15. The van der Waals surface area contributed by atoms with Gasteiger partial charge in [-0.15, -0.1) is 0 Å². The van der Waals surface area contributed by atoms with Crippen molar-refractivity contribution in [3.05, 3.63) is 36.1 Å². The molecule has 0 spiro atoms. The van der Waals surface area contributed by atoms with Gasteiger partial charge in [0.15, 0.2) is 0 Å². The van der Waals surface area contributed by atoms with E-state index in [0.717, 1.165) is 17.7 Å². The maximum Gasteiger partial charge on any atom is 0.0593 e. The summed E-state index contributed by atoms with van der Waals surface area (Å²) in [6.45, 7) is 3.77. The van der Waals surface area contributed by atoms with E-state index >= 15 is 0 Å². The summed E-state index contributed by atoms with van der Waals surface area (Å²) in [7, 11) is 0. The van der Waals surface area contributed by atoms with E-state index in [9.17, 15) is 0 Å². The fourth-order valence-electron chi connectivity index (χ4n) is 0.691. The standard InChI is InChI=1S/C7H9N2/c1-6-4-2-3-5-7(6)9-8/h2-3,9H,1,4,8H2. The highest BCUT2D eigenvalue weighted by molar-refractivity contribution is 5.32. The third-order valence-corrected chi connectivity index (χ3v) is 1.21. The third kappa shape index (κ3) is 1.21. The molecular formula is C7H9N2. The number of hydrogen-bond donors (Lipinski definition) is 2. The van der Waals surface area contributed by atoms with Crippen molar-refractivity contribution in [2.24, 2.45) is 5.84 Å². The molecule has 3 N–H and O–H groups in total. The van der Waals surface area contributed by atoms with Gasteiger partial charge in [0.2, 0.25) is 0 Å². The van der Waals surface area contributed by atoms with Gasteiger partial charge in [-0.1, -0.05) is 18.7 Å². The fraction of sp³-hybridized carbons (Fsp3) is 0.143. The second-order valence-corrected chi connectivity index (χ2v) is 1.87. The topological polar surface area (TPSA) is 38.0 Å². The first-order valence-electron chi connectivity index (χ1n) is 2.78. The van der Waals surface area contributed by atoms with Crippen LogP contribution in [0.3, 0.4) is 0 Å². The monoisotopic (exact) mass is 121 g/mol. The van der Waals surface area contributed by atoms with E-state index in [0.29, 0.717) is 0 Å². The molecular weight excluding hydrogens is 112 g/mol. The Labute approximate surface area is 54.7 Å². The summed E-state index contributed by atoms with van der Waals surface area (Å²) in [6, 6.07) is 0. The van der Waals surface area contributed by atoms with Crippen LogP contribution >= 0.6 is 0 Å². The van der Waals surface area contributed by atoms with Crippen LogP contribution in [0.1, 0.15) is 6.42 Å². The summed E-state index contributed by atoms with van der Waals surface area (Å²) < 4.78 is 0. The van der Waals surface area contributed by atoms with Crippen LogP contribution in [0.5, 0.6) is 0 Å². The maximum atomic E-state index is 5.15. The lowest BCUT2D eigenvalue weighted by Crippen LogP contribution is -2.22. The highest BCUT2D eigenvalue weighted by Gasteiger charge is 2.00. The quantitative estimate of drug-likeness (QED) is 0.395. The molecule has 1 aliphatic carbocycles. The van der Waals surface area contributed by atoms with Gasteiger partial charge >= 0.3 is 0 Å². The van der Waals surface area contributed by atoms with Crippen LogP contribution in [0, 0.1) is 6.08 Å². The molecule has 0 heterocycles. The molecule has 0 saturated heterocycles. The van der Waals surface area contributed by atoms with Crippen LogP contribution in [0.4, 0.5) is 0 Å². The molecule has 0 aromatic carbocycles. The highest BCUT2D eigenvalue weighted by atomic mass is 15.2. The Bertz CT molecular complexity index is 177. The molecule has 0 atom stereocenters. The van der Waals surface area contributed by atoms with Crippen molar-refractivity contribution < 1.29 is 0 Å². The minimum Gasteiger partial charge on any atom is -0.323 e. The Hall–Kier alpha value is -1.02. The van der Waals surface area contributed by atoms with Gasteiger partial charge < -0.3 is 5.43 Å². The molecule has 2 heteroatoms. The number of rotatable bonds is 1. The van der Waals surface area contributed by atoms with E-state index in [1.165, 1.54) is 0 Å². The van der Waals surface area contributed by atoms with Gasteiger partial charge in [-0.2, -0.15) is 0 Å². The second kappa shape index (κ2) is 2.51. The van der Waals surface area contributed by atoms with Crippen molar-refractivity contribution in [2.45, 2.75) is 6.42 Å². The molecule has 0 bridgehead atoms. The van der Waals surface area contributed by atoms with Crippen molar-refractivity contribution in [1.82, 2.24) is 5.43 Å². The number of hydrogen-bond acceptors (Lipinski definition) is 2. The van der Waals surface area contributed by atoms with Crippen LogP contribution < -0.4 is 11.3 Å². The van der Waals surface area contributed by atoms with Gasteiger partial charge in [0.1, 0.15) is 0 Å². The van der Waals surface area contributed by atoms with Crippen molar-refractivity contribution in [1.29, 1.82) is 0 Å². The van der Waals surface area contributed by atoms with Gasteiger partial charge in [0.25, 0.3) is 0 Å². The number of allylic oxidation sites excluding steroid dienone is 4. The zero-order valence-electron chi connectivity index (χ0n) is 5.15. The molecule has 0 amide bonds. The first kappa shape index (κ1) is 6.11. The zero-order chi connectivity index (χ0) is 6.69. The molecule has 9 heavy (non-hydrogen) atoms. The molecule has 0 aromatic rings. The predicted octanol–water partition coefficient (Wildman–Crippen LogP) is 0.653. The summed E-state index contributed by atoms with van der Waals surface area (Å²) in [6.07, 6.45) is 7.61. The minimum atomic E-state index is 0.803. The lowest BCUT2D eigenvalue weighted by Gasteiger charge is -2.08. The van der Waals surface area contributed by atoms with Crippen molar-refractivity contribution in [2.75, 3.05) is 0 Å². The SMILES string of the molecule is C=C1CC=C[C]=C1NN. The lowest BCUT2D eigenvalue weighted by molar-refractivity contribution is 0.875. The molecule has 47 valence electrons. The van der Waals surface area contributed by atoms with Crippen LogP contribution in [0.25, 0.3) is 0 Å². The second-order valence-electron chi connectivity index (χ2n) is 1.87. The third-order valence-electron chi connectivity index (χ3n) is 1.21. The largest absolute Gasteiger partial charge is 0.323 e. The van der Waals surface area contributed by atoms with Gasteiger partial charge in [-0.3, -0.25) is 5.84 Å². The number of nitrogens with one attached hydrogen (secondary N) is 1. The number of hydrazine groups is 1. The van der Waals surface area contributed by atoms with Crippen LogP contribution in [-0.2, 0) is 0 Å². The van der Waals surface area contributed by atoms with Crippen LogP contribution in [0.15, 0.2) is 30.0 Å². The Balaban J connectivity index is 2.74. The molecule has 0 aliphatic heterocycles. The molecule has 1 radical (unpaired) electrons. The van der Waals surface area contributed by atoms with Gasteiger partial charge in [-0.25, -0.2) is 0 Å². The molecule has 1 aliphatic rings. The molecule has 0 fully saturated rings. The van der Waals surface area contributed by atoms with E-state index < -0.39 is 0 Å². The van der Waals surface area contributed by atoms with Gasteiger partial charge in [-0.05, 0) is 12.0 Å². The lowest BCUT2D eigenvalue weighted by atomic mass is 10.1. The van der Waals surface area contributed by atoms with E-state index in [4.69, 9.17) is 5.84 Å². The van der Waals surface area contributed by atoms with Crippen LogP contribution in [-0.4, -0.2) is 0 Å². The van der Waals surface area contributed by atoms with Gasteiger partial charge in [0.05, 0.1) is 5.70 Å². The summed E-state index contributed by atoms with van der Waals surface area (Å²) >= 11 is 0. The summed E-state index contributed by atoms with van der Waals surface area (Å²) in [5.41, 5.74) is 4.30. The average Bonchev–Trinajstić information content (AvgIpc) is 1.89. The summed E-state index contributed by atoms with van der Waals surface area (Å²) in [5.74, 6) is 5.15. The fourth-order valence-corrected chi connectivity index (χ4v) is 0.691. The highest BCUT2D eigenvalue weighted by Crippen LogP contribution is 2.12. The average molecular weight is 121 g/mol. The van der Waals surface area contributed by atoms with Crippen molar-refractivity contribution in [3.63, 3.8) is 0 Å². The minimum absolute atomic E-state index is 0.803. The Kier molecular flexibility index (Phi) is 1.70. The van der Waals surface area contributed by atoms with E-state index in [1.54, 1.807) is 0 Å². The predicted molar refractivity (Wildman–Crippen MR) is 37.0 cm³/mol. The Morgan fingerprint density at radius 3 is 3.00 bits per heavy atom. The molecule has 2 nitrogen and oxygen atoms in total.